The highest BCUT2D eigenvalue weighted by molar-refractivity contribution is 5.18. The SMILES string of the molecule is CCCCC(CC)(CN)NC(C)c1ccccc1. The molecular formula is C16H28N2. The van der Waals surface area contributed by atoms with E-state index in [-0.39, 0.29) is 5.54 Å². The molecule has 0 aliphatic carbocycles. The summed E-state index contributed by atoms with van der Waals surface area (Å²) in [7, 11) is 0. The number of hydrogen-bond donors (Lipinski definition) is 2. The van der Waals surface area contributed by atoms with Crippen LogP contribution in [0, 0.1) is 0 Å². The first-order valence-corrected chi connectivity index (χ1v) is 7.20. The van der Waals surface area contributed by atoms with Crippen molar-refractivity contribution in [3.63, 3.8) is 0 Å². The molecule has 0 saturated carbocycles. The summed E-state index contributed by atoms with van der Waals surface area (Å²) in [6.07, 6.45) is 4.71. The van der Waals surface area contributed by atoms with E-state index in [4.69, 9.17) is 5.73 Å². The highest BCUT2D eigenvalue weighted by Gasteiger charge is 2.27. The largest absolute Gasteiger partial charge is 0.329 e. The quantitative estimate of drug-likeness (QED) is 0.737. The van der Waals surface area contributed by atoms with Crippen molar-refractivity contribution >= 4 is 0 Å². The van der Waals surface area contributed by atoms with Crippen molar-refractivity contribution in [2.24, 2.45) is 5.73 Å². The molecule has 1 rings (SSSR count). The van der Waals surface area contributed by atoms with Gasteiger partial charge in [0, 0.05) is 18.1 Å². The molecule has 2 nitrogen and oxygen atoms in total. The summed E-state index contributed by atoms with van der Waals surface area (Å²) in [5.74, 6) is 0. The van der Waals surface area contributed by atoms with Gasteiger partial charge in [-0.05, 0) is 25.3 Å². The lowest BCUT2D eigenvalue weighted by Gasteiger charge is -2.36. The molecule has 0 aromatic heterocycles. The Balaban J connectivity index is 2.71. The van der Waals surface area contributed by atoms with Gasteiger partial charge >= 0.3 is 0 Å². The van der Waals surface area contributed by atoms with Gasteiger partial charge in [0.25, 0.3) is 0 Å². The van der Waals surface area contributed by atoms with Gasteiger partial charge in [-0.1, -0.05) is 57.0 Å². The predicted octanol–water partition coefficient (Wildman–Crippen LogP) is 3.63. The molecule has 1 aromatic rings. The monoisotopic (exact) mass is 248 g/mol. The first-order valence-electron chi connectivity index (χ1n) is 7.20. The third-order valence-electron chi connectivity index (χ3n) is 3.90. The molecular weight excluding hydrogens is 220 g/mol. The fraction of sp³-hybridized carbons (Fsp3) is 0.625. The van der Waals surface area contributed by atoms with E-state index < -0.39 is 0 Å². The van der Waals surface area contributed by atoms with Crippen molar-refractivity contribution in [3.05, 3.63) is 35.9 Å². The van der Waals surface area contributed by atoms with Crippen LogP contribution in [-0.4, -0.2) is 12.1 Å². The van der Waals surface area contributed by atoms with Crippen LogP contribution in [-0.2, 0) is 0 Å². The lowest BCUT2D eigenvalue weighted by Crippen LogP contribution is -2.51. The lowest BCUT2D eigenvalue weighted by molar-refractivity contribution is 0.264. The normalized spacial score (nSPS) is 16.2. The van der Waals surface area contributed by atoms with E-state index in [1.165, 1.54) is 18.4 Å². The van der Waals surface area contributed by atoms with Crippen molar-refractivity contribution < 1.29 is 0 Å². The van der Waals surface area contributed by atoms with Crippen LogP contribution in [0.4, 0.5) is 0 Å². The molecule has 0 fully saturated rings. The Morgan fingerprint density at radius 1 is 1.22 bits per heavy atom. The zero-order valence-corrected chi connectivity index (χ0v) is 12.1. The first-order chi connectivity index (χ1) is 8.67. The molecule has 18 heavy (non-hydrogen) atoms. The van der Waals surface area contributed by atoms with Gasteiger partial charge in [-0.2, -0.15) is 0 Å². The van der Waals surface area contributed by atoms with Gasteiger partial charge in [0.2, 0.25) is 0 Å². The Hall–Kier alpha value is -0.860. The van der Waals surface area contributed by atoms with Crippen molar-refractivity contribution in [1.82, 2.24) is 5.32 Å². The second kappa shape index (κ2) is 7.55. The molecule has 2 atom stereocenters. The van der Waals surface area contributed by atoms with E-state index in [0.29, 0.717) is 12.6 Å². The average molecular weight is 248 g/mol. The highest BCUT2D eigenvalue weighted by Crippen LogP contribution is 2.23. The van der Waals surface area contributed by atoms with E-state index in [9.17, 15) is 0 Å². The number of unbranched alkanes of at least 4 members (excludes halogenated alkanes) is 1. The van der Waals surface area contributed by atoms with Crippen LogP contribution in [0.2, 0.25) is 0 Å². The maximum absolute atomic E-state index is 6.02. The number of benzene rings is 1. The third-order valence-corrected chi connectivity index (χ3v) is 3.90. The summed E-state index contributed by atoms with van der Waals surface area (Å²) < 4.78 is 0. The van der Waals surface area contributed by atoms with Gasteiger partial charge in [0.15, 0.2) is 0 Å². The van der Waals surface area contributed by atoms with Crippen molar-refractivity contribution in [3.8, 4) is 0 Å². The van der Waals surface area contributed by atoms with Gasteiger partial charge in [-0.25, -0.2) is 0 Å². The summed E-state index contributed by atoms with van der Waals surface area (Å²) in [6.45, 7) is 7.40. The highest BCUT2D eigenvalue weighted by atomic mass is 15.0. The zero-order chi connectivity index (χ0) is 13.4. The smallest absolute Gasteiger partial charge is 0.0306 e. The van der Waals surface area contributed by atoms with Gasteiger partial charge in [-0.3, -0.25) is 0 Å². The van der Waals surface area contributed by atoms with Gasteiger partial charge in [0.05, 0.1) is 0 Å². The van der Waals surface area contributed by atoms with Crippen LogP contribution in [0.3, 0.4) is 0 Å². The van der Waals surface area contributed by atoms with Crippen LogP contribution in [0.1, 0.15) is 58.1 Å². The van der Waals surface area contributed by atoms with Gasteiger partial charge < -0.3 is 11.1 Å². The van der Waals surface area contributed by atoms with Crippen LogP contribution >= 0.6 is 0 Å². The summed E-state index contributed by atoms with van der Waals surface area (Å²) >= 11 is 0. The van der Waals surface area contributed by atoms with Crippen LogP contribution < -0.4 is 11.1 Å². The number of rotatable bonds is 8. The standard InChI is InChI=1S/C16H28N2/c1-4-6-12-16(5-2,13-17)18-14(3)15-10-8-7-9-11-15/h7-11,14,18H,4-6,12-13,17H2,1-3H3. The van der Waals surface area contributed by atoms with Crippen LogP contribution in [0.15, 0.2) is 30.3 Å². The molecule has 0 aliphatic rings. The Morgan fingerprint density at radius 2 is 1.89 bits per heavy atom. The minimum absolute atomic E-state index is 0.0886. The predicted molar refractivity (Wildman–Crippen MR) is 79.6 cm³/mol. The minimum atomic E-state index is 0.0886. The summed E-state index contributed by atoms with van der Waals surface area (Å²) in [4.78, 5) is 0. The molecule has 3 N–H and O–H groups in total. The fourth-order valence-corrected chi connectivity index (χ4v) is 2.46. The Kier molecular flexibility index (Phi) is 6.37. The molecule has 0 radical (unpaired) electrons. The average Bonchev–Trinajstić information content (AvgIpc) is 2.44. The molecule has 102 valence electrons. The molecule has 0 aliphatic heterocycles. The van der Waals surface area contributed by atoms with E-state index in [2.05, 4.69) is 56.4 Å². The van der Waals surface area contributed by atoms with E-state index in [0.717, 1.165) is 12.8 Å². The Bertz CT molecular complexity index is 317. The van der Waals surface area contributed by atoms with E-state index in [1.54, 1.807) is 0 Å². The van der Waals surface area contributed by atoms with Crippen molar-refractivity contribution in [2.75, 3.05) is 6.54 Å². The van der Waals surface area contributed by atoms with Crippen molar-refractivity contribution in [1.29, 1.82) is 0 Å². The maximum Gasteiger partial charge on any atom is 0.0306 e. The molecule has 0 heterocycles. The van der Waals surface area contributed by atoms with Gasteiger partial charge in [0.1, 0.15) is 0 Å². The molecule has 2 unspecified atom stereocenters. The second-order valence-electron chi connectivity index (χ2n) is 5.22. The first kappa shape index (κ1) is 15.2. The lowest BCUT2D eigenvalue weighted by atomic mass is 9.88. The number of nitrogens with one attached hydrogen (secondary N) is 1. The van der Waals surface area contributed by atoms with E-state index >= 15 is 0 Å². The number of hydrogen-bond acceptors (Lipinski definition) is 2. The summed E-state index contributed by atoms with van der Waals surface area (Å²) in [5.41, 5.74) is 7.45. The minimum Gasteiger partial charge on any atom is -0.329 e. The van der Waals surface area contributed by atoms with Crippen LogP contribution in [0.5, 0.6) is 0 Å². The van der Waals surface area contributed by atoms with Crippen molar-refractivity contribution in [2.45, 2.75) is 58.0 Å². The maximum atomic E-state index is 6.02. The zero-order valence-electron chi connectivity index (χ0n) is 12.1. The fourth-order valence-electron chi connectivity index (χ4n) is 2.46. The molecule has 0 spiro atoms. The topological polar surface area (TPSA) is 38.0 Å². The number of nitrogens with two attached hydrogens (primary N) is 1. The van der Waals surface area contributed by atoms with E-state index in [1.807, 2.05) is 0 Å². The Morgan fingerprint density at radius 3 is 2.39 bits per heavy atom. The van der Waals surface area contributed by atoms with Crippen LogP contribution in [0.25, 0.3) is 0 Å². The summed E-state index contributed by atoms with van der Waals surface area (Å²) in [5, 5.41) is 3.76. The molecule has 2 heteroatoms. The molecule has 1 aromatic carbocycles. The Labute approximate surface area is 112 Å². The second-order valence-corrected chi connectivity index (χ2v) is 5.22. The summed E-state index contributed by atoms with van der Waals surface area (Å²) in [6, 6.07) is 10.9. The molecule has 0 bridgehead atoms. The molecule has 0 saturated heterocycles. The third kappa shape index (κ3) is 4.11. The van der Waals surface area contributed by atoms with Gasteiger partial charge in [-0.15, -0.1) is 0 Å². The molecule has 0 amide bonds.